The lowest BCUT2D eigenvalue weighted by atomic mass is 9.89. The molecule has 2 saturated carbocycles. The second kappa shape index (κ2) is 4.61. The lowest BCUT2D eigenvalue weighted by molar-refractivity contribution is 0.348. The average Bonchev–Trinajstić information content (AvgIpc) is 3.00. The molecular weight excluding hydrogens is 227 g/mol. The van der Waals surface area contributed by atoms with Crippen LogP contribution in [0.25, 0.3) is 0 Å². The molecule has 1 aromatic rings. The first-order valence-corrected chi connectivity index (χ1v) is 6.70. The number of rotatable bonds is 3. The molecule has 0 radical (unpaired) electrons. The largest absolute Gasteiger partial charge is 0.385 e. The van der Waals surface area contributed by atoms with Crippen molar-refractivity contribution in [1.82, 2.24) is 0 Å². The fourth-order valence-electron chi connectivity index (χ4n) is 3.60. The van der Waals surface area contributed by atoms with E-state index in [1.54, 1.807) is 12.1 Å². The highest BCUT2D eigenvalue weighted by Crippen LogP contribution is 2.48. The van der Waals surface area contributed by atoms with Crippen molar-refractivity contribution in [1.29, 1.82) is 5.26 Å². The zero-order valence-electron chi connectivity index (χ0n) is 10.3. The third-order valence-corrected chi connectivity index (χ3v) is 4.54. The van der Waals surface area contributed by atoms with Crippen LogP contribution in [0.4, 0.5) is 10.1 Å². The predicted octanol–water partition coefficient (Wildman–Crippen LogP) is 3.55. The number of nitrogens with zero attached hydrogens (tertiary/aromatic N) is 1. The summed E-state index contributed by atoms with van der Waals surface area (Å²) < 4.78 is 13.2. The van der Waals surface area contributed by atoms with Gasteiger partial charge in [0.15, 0.2) is 0 Å². The third kappa shape index (κ3) is 2.08. The summed E-state index contributed by atoms with van der Waals surface area (Å²) in [6, 6.07) is 6.55. The maximum absolute atomic E-state index is 13.2. The maximum atomic E-state index is 13.2. The molecule has 94 valence electrons. The van der Waals surface area contributed by atoms with Crippen molar-refractivity contribution in [3.05, 3.63) is 29.6 Å². The fourth-order valence-corrected chi connectivity index (χ4v) is 3.60. The molecule has 2 aliphatic rings. The first-order chi connectivity index (χ1) is 8.76. The Morgan fingerprint density at radius 2 is 2.22 bits per heavy atom. The van der Waals surface area contributed by atoms with E-state index in [4.69, 9.17) is 5.26 Å². The first-order valence-electron chi connectivity index (χ1n) is 6.70. The molecule has 3 rings (SSSR count). The van der Waals surface area contributed by atoms with Crippen LogP contribution in [-0.2, 0) is 0 Å². The molecule has 18 heavy (non-hydrogen) atoms. The van der Waals surface area contributed by atoms with Gasteiger partial charge in [-0.2, -0.15) is 5.26 Å². The minimum Gasteiger partial charge on any atom is -0.385 e. The standard InChI is InChI=1S/C15H17FN2/c16-15-4-3-14(7-12(15)8-17)18-9-13-6-10-1-2-11(13)5-10/h3-4,7,10-11,13,18H,1-2,5-6,9H2. The lowest BCUT2D eigenvalue weighted by Gasteiger charge is -2.22. The molecule has 0 saturated heterocycles. The summed E-state index contributed by atoms with van der Waals surface area (Å²) in [5.74, 6) is 2.16. The van der Waals surface area contributed by atoms with E-state index in [9.17, 15) is 4.39 Å². The molecule has 0 spiro atoms. The van der Waals surface area contributed by atoms with Gasteiger partial charge in [0.25, 0.3) is 0 Å². The highest BCUT2D eigenvalue weighted by Gasteiger charge is 2.38. The van der Waals surface area contributed by atoms with Crippen molar-refractivity contribution < 1.29 is 4.39 Å². The number of halogens is 1. The van der Waals surface area contributed by atoms with Crippen molar-refractivity contribution >= 4 is 5.69 Å². The smallest absolute Gasteiger partial charge is 0.141 e. The van der Waals surface area contributed by atoms with E-state index in [0.29, 0.717) is 0 Å². The Morgan fingerprint density at radius 3 is 2.89 bits per heavy atom. The van der Waals surface area contributed by atoms with Crippen molar-refractivity contribution in [3.8, 4) is 6.07 Å². The van der Waals surface area contributed by atoms with Gasteiger partial charge in [-0.05, 0) is 55.2 Å². The summed E-state index contributed by atoms with van der Waals surface area (Å²) >= 11 is 0. The highest BCUT2D eigenvalue weighted by molar-refractivity contribution is 5.49. The second-order valence-electron chi connectivity index (χ2n) is 5.62. The zero-order chi connectivity index (χ0) is 12.5. The molecule has 3 heteroatoms. The van der Waals surface area contributed by atoms with Crippen molar-refractivity contribution in [2.24, 2.45) is 17.8 Å². The molecule has 0 heterocycles. The molecule has 0 aromatic heterocycles. The van der Waals surface area contributed by atoms with Crippen LogP contribution in [-0.4, -0.2) is 6.54 Å². The quantitative estimate of drug-likeness (QED) is 0.882. The van der Waals surface area contributed by atoms with Crippen molar-refractivity contribution in [2.75, 3.05) is 11.9 Å². The molecule has 2 bridgehead atoms. The lowest BCUT2D eigenvalue weighted by Crippen LogP contribution is -2.20. The summed E-state index contributed by atoms with van der Waals surface area (Å²) in [6.07, 6.45) is 5.53. The summed E-state index contributed by atoms with van der Waals surface area (Å²) in [5.41, 5.74) is 0.976. The Balaban J connectivity index is 1.62. The van der Waals surface area contributed by atoms with E-state index in [1.165, 1.54) is 31.7 Å². The van der Waals surface area contributed by atoms with Gasteiger partial charge >= 0.3 is 0 Å². The minimum atomic E-state index is -0.442. The van der Waals surface area contributed by atoms with E-state index in [-0.39, 0.29) is 5.56 Å². The number of nitriles is 1. The van der Waals surface area contributed by atoms with Crippen molar-refractivity contribution in [3.63, 3.8) is 0 Å². The van der Waals surface area contributed by atoms with Gasteiger partial charge in [-0.15, -0.1) is 0 Å². The average molecular weight is 244 g/mol. The Hall–Kier alpha value is -1.56. The van der Waals surface area contributed by atoms with Gasteiger partial charge in [-0.3, -0.25) is 0 Å². The molecular formula is C15H17FN2. The Kier molecular flexibility index (Phi) is 2.95. The Morgan fingerprint density at radius 1 is 1.33 bits per heavy atom. The number of benzene rings is 1. The number of hydrogen-bond acceptors (Lipinski definition) is 2. The second-order valence-corrected chi connectivity index (χ2v) is 5.62. The van der Waals surface area contributed by atoms with Gasteiger partial charge in [0.05, 0.1) is 5.56 Å². The summed E-state index contributed by atoms with van der Waals surface area (Å²) in [4.78, 5) is 0. The van der Waals surface area contributed by atoms with Crippen molar-refractivity contribution in [2.45, 2.75) is 25.7 Å². The van der Waals surface area contributed by atoms with Gasteiger partial charge in [0.2, 0.25) is 0 Å². The van der Waals surface area contributed by atoms with E-state index >= 15 is 0 Å². The van der Waals surface area contributed by atoms with Crippen LogP contribution < -0.4 is 5.32 Å². The monoisotopic (exact) mass is 244 g/mol. The van der Waals surface area contributed by atoms with Crippen LogP contribution in [0.2, 0.25) is 0 Å². The predicted molar refractivity (Wildman–Crippen MR) is 68.5 cm³/mol. The fraction of sp³-hybridized carbons (Fsp3) is 0.533. The number of fused-ring (bicyclic) bond motifs is 2. The van der Waals surface area contributed by atoms with Gasteiger partial charge in [-0.1, -0.05) is 6.42 Å². The third-order valence-electron chi connectivity index (χ3n) is 4.54. The highest BCUT2D eigenvalue weighted by atomic mass is 19.1. The van der Waals surface area contributed by atoms with Gasteiger partial charge in [0.1, 0.15) is 11.9 Å². The number of anilines is 1. The van der Waals surface area contributed by atoms with Crippen LogP contribution in [0.3, 0.4) is 0 Å². The van der Waals surface area contributed by atoms with E-state index in [2.05, 4.69) is 5.32 Å². The molecule has 2 aliphatic carbocycles. The van der Waals surface area contributed by atoms with Crippen LogP contribution in [0.15, 0.2) is 18.2 Å². The molecule has 0 aliphatic heterocycles. The van der Waals surface area contributed by atoms with Gasteiger partial charge in [-0.25, -0.2) is 4.39 Å². The number of hydrogen-bond donors (Lipinski definition) is 1. The topological polar surface area (TPSA) is 35.8 Å². The van der Waals surface area contributed by atoms with E-state index in [0.717, 1.165) is 30.0 Å². The molecule has 2 fully saturated rings. The minimum absolute atomic E-state index is 0.118. The molecule has 3 unspecified atom stereocenters. The summed E-state index contributed by atoms with van der Waals surface area (Å²) in [5, 5.41) is 12.1. The summed E-state index contributed by atoms with van der Waals surface area (Å²) in [6.45, 7) is 0.956. The van der Waals surface area contributed by atoms with E-state index < -0.39 is 5.82 Å². The normalized spacial score (nSPS) is 29.2. The first kappa shape index (κ1) is 11.5. The molecule has 2 nitrogen and oxygen atoms in total. The maximum Gasteiger partial charge on any atom is 0.141 e. The Labute approximate surface area is 107 Å². The molecule has 3 atom stereocenters. The van der Waals surface area contributed by atoms with Crippen LogP contribution in [0, 0.1) is 34.9 Å². The number of nitrogens with one attached hydrogen (secondary N) is 1. The van der Waals surface area contributed by atoms with Crippen LogP contribution in [0.1, 0.15) is 31.2 Å². The van der Waals surface area contributed by atoms with Crippen LogP contribution >= 0.6 is 0 Å². The van der Waals surface area contributed by atoms with E-state index in [1.807, 2.05) is 6.07 Å². The van der Waals surface area contributed by atoms with Gasteiger partial charge in [0, 0.05) is 12.2 Å². The van der Waals surface area contributed by atoms with Crippen LogP contribution in [0.5, 0.6) is 0 Å². The molecule has 0 amide bonds. The van der Waals surface area contributed by atoms with Gasteiger partial charge < -0.3 is 5.32 Å². The Bertz CT molecular complexity index is 492. The zero-order valence-corrected chi connectivity index (χ0v) is 10.3. The molecule has 1 aromatic carbocycles. The SMILES string of the molecule is N#Cc1cc(NCC2CC3CCC2C3)ccc1F. The summed E-state index contributed by atoms with van der Waals surface area (Å²) in [7, 11) is 0. The molecule has 1 N–H and O–H groups in total.